The van der Waals surface area contributed by atoms with Gasteiger partial charge in [-0.2, -0.15) is 8.42 Å². The zero-order valence-corrected chi connectivity index (χ0v) is 46.9. The van der Waals surface area contributed by atoms with Gasteiger partial charge in [0.1, 0.15) is 0 Å². The van der Waals surface area contributed by atoms with E-state index in [1.165, 1.54) is 17.9 Å². The second-order valence-corrected chi connectivity index (χ2v) is 38.0. The molecule has 3 saturated heterocycles. The Bertz CT molecular complexity index is 1870. The number of ether oxygens (including phenoxy) is 2. The molecule has 0 N–H and O–H groups in total. The van der Waals surface area contributed by atoms with E-state index in [0.29, 0.717) is 67.5 Å². The van der Waals surface area contributed by atoms with Gasteiger partial charge < -0.3 is 18.3 Å². The molecule has 0 amide bonds. The van der Waals surface area contributed by atoms with Crippen LogP contribution in [0.1, 0.15) is 131 Å². The van der Waals surface area contributed by atoms with Crippen LogP contribution in [-0.4, -0.2) is 105 Å². The molecule has 3 heterocycles. The number of thioether (sulfide) groups is 2. The molecule has 0 radical (unpaired) electrons. The number of rotatable bonds is 25. The molecular formula is C49H86O9S4Si2. The third kappa shape index (κ3) is 17.8. The molecule has 64 heavy (non-hydrogen) atoms. The highest BCUT2D eigenvalue weighted by Crippen LogP contribution is 2.42. The van der Waals surface area contributed by atoms with Gasteiger partial charge in [0.15, 0.2) is 26.5 Å². The molecule has 0 bridgehead atoms. The number of sulfone groups is 1. The van der Waals surface area contributed by atoms with Crippen molar-refractivity contribution >= 4 is 60.1 Å². The van der Waals surface area contributed by atoms with Crippen LogP contribution in [0.2, 0.25) is 36.3 Å². The van der Waals surface area contributed by atoms with Crippen LogP contribution in [0, 0.1) is 5.92 Å². The fourth-order valence-electron chi connectivity index (χ4n) is 8.33. The predicted molar refractivity (Wildman–Crippen MR) is 276 cm³/mol. The van der Waals surface area contributed by atoms with Gasteiger partial charge in [0.2, 0.25) is 0 Å². The first-order valence-corrected chi connectivity index (χ1v) is 35.4. The van der Waals surface area contributed by atoms with Crippen LogP contribution in [0.15, 0.2) is 53.5 Å². The van der Waals surface area contributed by atoms with Crippen LogP contribution in [0.25, 0.3) is 0 Å². The highest BCUT2D eigenvalue weighted by Gasteiger charge is 2.44. The molecule has 4 rings (SSSR count). The molecule has 3 aliphatic heterocycles. The zero-order valence-electron chi connectivity index (χ0n) is 41.7. The van der Waals surface area contributed by atoms with Gasteiger partial charge in [-0.25, -0.2) is 8.42 Å². The topological polar surface area (TPSA) is 114 Å². The lowest BCUT2D eigenvalue weighted by Crippen LogP contribution is -2.48. The molecule has 0 aliphatic carbocycles. The zero-order chi connectivity index (χ0) is 47.7. The van der Waals surface area contributed by atoms with E-state index in [1.54, 1.807) is 12.1 Å². The monoisotopic (exact) mass is 1000 g/mol. The van der Waals surface area contributed by atoms with Crippen LogP contribution in [0.4, 0.5) is 0 Å². The van der Waals surface area contributed by atoms with Gasteiger partial charge in [-0.15, -0.1) is 23.5 Å². The van der Waals surface area contributed by atoms with Crippen molar-refractivity contribution in [3.05, 3.63) is 54.1 Å². The molecule has 1 aromatic rings. The Hall–Kier alpha value is -0.466. The van der Waals surface area contributed by atoms with E-state index >= 15 is 0 Å². The van der Waals surface area contributed by atoms with Crippen molar-refractivity contribution < 1.29 is 39.3 Å². The van der Waals surface area contributed by atoms with Crippen LogP contribution < -0.4 is 0 Å². The summed E-state index contributed by atoms with van der Waals surface area (Å²) in [6.45, 7) is 33.8. The summed E-state index contributed by atoms with van der Waals surface area (Å²) in [4.78, 5) is 0.342. The number of aryl methyl sites for hydroxylation is 1. The van der Waals surface area contributed by atoms with Gasteiger partial charge in [0.05, 0.1) is 64.7 Å². The quantitative estimate of drug-likeness (QED) is 0.0530. The van der Waals surface area contributed by atoms with Gasteiger partial charge in [-0.1, -0.05) is 79.3 Å². The van der Waals surface area contributed by atoms with Crippen molar-refractivity contribution in [3.63, 3.8) is 0 Å². The van der Waals surface area contributed by atoms with Crippen molar-refractivity contribution in [3.8, 4) is 0 Å². The molecule has 1 unspecified atom stereocenters. The smallest absolute Gasteiger partial charge is 0.264 e. The largest absolute Gasteiger partial charge is 0.414 e. The highest BCUT2D eigenvalue weighted by molar-refractivity contribution is 8.17. The summed E-state index contributed by atoms with van der Waals surface area (Å²) in [6.07, 6.45) is 9.91. The lowest BCUT2D eigenvalue weighted by molar-refractivity contribution is -0.00350. The standard InChI is InChI=1S/C49H86O9S4Si2/c1-15-38-19-24-44(25-20-38)62(52,53)35-39-32-42(33-43(58-64(13,14)49(7,8)9)34-54-63(11,12)48(4,5)6)56-46(39)26-18-36(2)17-21-40(57-61(10,50)51)22-27-45-37(3)31-41(55-45)23-28-47-59-29-16-30-60-47/h19-20,24-25,39-43,45-47H,2-3,15-18,21-23,26-35H2,1,4-14H3/t39-,40-,41-,42-,43?,45-,46-/m0/s1. The van der Waals surface area contributed by atoms with E-state index in [0.717, 1.165) is 48.6 Å². The Balaban J connectivity index is 1.43. The molecular weight excluding hydrogens is 917 g/mol. The summed E-state index contributed by atoms with van der Waals surface area (Å²) in [5, 5.41) is 0.0540. The van der Waals surface area contributed by atoms with E-state index in [9.17, 15) is 16.8 Å². The van der Waals surface area contributed by atoms with Gasteiger partial charge in [0.25, 0.3) is 10.1 Å². The van der Waals surface area contributed by atoms with Crippen molar-refractivity contribution in [1.82, 2.24) is 0 Å². The fraction of sp³-hybridized carbons (Fsp3) is 0.796. The summed E-state index contributed by atoms with van der Waals surface area (Å²) in [5.41, 5.74) is 3.15. The van der Waals surface area contributed by atoms with Gasteiger partial charge in [-0.3, -0.25) is 4.18 Å². The third-order valence-corrected chi connectivity index (χ3v) is 29.0. The second kappa shape index (κ2) is 23.9. The summed E-state index contributed by atoms with van der Waals surface area (Å²) in [7, 11) is -11.5. The molecule has 3 aliphatic rings. The van der Waals surface area contributed by atoms with Crippen molar-refractivity contribution in [2.75, 3.05) is 30.1 Å². The van der Waals surface area contributed by atoms with Gasteiger partial charge >= 0.3 is 0 Å². The van der Waals surface area contributed by atoms with Crippen LogP contribution >= 0.6 is 23.5 Å². The van der Waals surface area contributed by atoms with E-state index < -0.39 is 42.7 Å². The molecule has 0 aromatic heterocycles. The van der Waals surface area contributed by atoms with E-state index in [2.05, 4.69) is 111 Å². The highest BCUT2D eigenvalue weighted by atomic mass is 32.2. The number of hydrogen-bond donors (Lipinski definition) is 0. The third-order valence-electron chi connectivity index (χ3n) is 14.4. The second-order valence-electron chi connectivity index (χ2n) is 21.9. The predicted octanol–water partition coefficient (Wildman–Crippen LogP) is 12.5. The number of hydrogen-bond acceptors (Lipinski definition) is 11. The average Bonchev–Trinajstić information content (AvgIpc) is 3.75. The summed E-state index contributed by atoms with van der Waals surface area (Å²) in [5.74, 6) is 2.26. The Labute approximate surface area is 401 Å². The normalized spacial score (nSPS) is 24.3. The maximum Gasteiger partial charge on any atom is 0.264 e. The summed E-state index contributed by atoms with van der Waals surface area (Å²) in [6, 6.07) is 7.27. The SMILES string of the molecule is C=C(CC[C@@H](CC[C@@H]1O[C@@H](CCC2SCCCS2)CC1=C)OS(C)(=O)=O)CC[C@@H]1O[C@H](CC(CO[Si](C)(C)C(C)(C)C)O[Si](C)(C)C(C)(C)C)C[C@H]1CS(=O)(=O)c1ccc(CC)cc1. The first kappa shape index (κ1) is 56.1. The molecule has 368 valence electrons. The van der Waals surface area contributed by atoms with E-state index in [-0.39, 0.29) is 52.3 Å². The summed E-state index contributed by atoms with van der Waals surface area (Å²) < 4.78 is 86.3. The van der Waals surface area contributed by atoms with Crippen LogP contribution in [0.3, 0.4) is 0 Å². The Kier molecular flexibility index (Phi) is 21.0. The van der Waals surface area contributed by atoms with Gasteiger partial charge in [0, 0.05) is 12.3 Å². The maximum absolute atomic E-state index is 14.0. The molecule has 7 atom stereocenters. The first-order chi connectivity index (χ1) is 29.6. The van der Waals surface area contributed by atoms with Crippen molar-refractivity contribution in [1.29, 1.82) is 0 Å². The van der Waals surface area contributed by atoms with E-state index in [4.69, 9.17) is 22.5 Å². The first-order valence-electron chi connectivity index (χ1n) is 24.0. The van der Waals surface area contributed by atoms with Crippen molar-refractivity contribution in [2.24, 2.45) is 5.92 Å². The molecule has 3 fully saturated rings. The van der Waals surface area contributed by atoms with Crippen LogP contribution in [-0.2, 0) is 48.9 Å². The van der Waals surface area contributed by atoms with Crippen molar-refractivity contribution in [2.45, 2.75) is 214 Å². The minimum atomic E-state index is -3.68. The lowest BCUT2D eigenvalue weighted by atomic mass is 9.93. The van der Waals surface area contributed by atoms with E-state index in [1.807, 2.05) is 12.1 Å². The molecule has 9 nitrogen and oxygen atoms in total. The lowest BCUT2D eigenvalue weighted by Gasteiger charge is -2.42. The Morgan fingerprint density at radius 1 is 0.844 bits per heavy atom. The minimum Gasteiger partial charge on any atom is -0.414 e. The molecule has 1 aromatic carbocycles. The fourth-order valence-corrected chi connectivity index (χ4v) is 16.0. The minimum absolute atomic E-state index is 0.00148. The Morgan fingerprint density at radius 3 is 2.08 bits per heavy atom. The summed E-state index contributed by atoms with van der Waals surface area (Å²) >= 11 is 4.12. The molecule has 0 saturated carbocycles. The average molecular weight is 1000 g/mol. The van der Waals surface area contributed by atoms with Gasteiger partial charge in [-0.05, 0) is 148 Å². The molecule has 15 heteroatoms. The molecule has 0 spiro atoms. The maximum atomic E-state index is 14.0. The Morgan fingerprint density at radius 2 is 1.48 bits per heavy atom. The number of benzene rings is 1. The van der Waals surface area contributed by atoms with Crippen LogP contribution in [0.5, 0.6) is 0 Å². The number of allylic oxidation sites excluding steroid dienone is 1.